The maximum atomic E-state index is 13.0. The second kappa shape index (κ2) is 8.19. The third kappa shape index (κ3) is 4.28. The summed E-state index contributed by atoms with van der Waals surface area (Å²) in [5.74, 6) is 1.73. The van der Waals surface area contributed by atoms with Gasteiger partial charge >= 0.3 is 0 Å². The summed E-state index contributed by atoms with van der Waals surface area (Å²) in [6, 6.07) is 12.0. The van der Waals surface area contributed by atoms with Gasteiger partial charge in [-0.15, -0.1) is 0 Å². The number of hydrogen-bond acceptors (Lipinski definition) is 4. The molecule has 0 aromatic heterocycles. The van der Waals surface area contributed by atoms with Gasteiger partial charge < -0.3 is 14.8 Å². The topological polar surface area (TPSA) is 50.8 Å². The molecule has 5 nitrogen and oxygen atoms in total. The SMILES string of the molecule is CC(C(=O)Nc1ccc2c(c1)OCO2)N1CCC(Cc2ccc(F)cc2)CC1. The molecule has 2 aromatic carbocycles. The number of benzene rings is 2. The first-order chi connectivity index (χ1) is 13.6. The lowest BCUT2D eigenvalue weighted by molar-refractivity contribution is -0.121. The van der Waals surface area contributed by atoms with E-state index < -0.39 is 0 Å². The molecule has 1 saturated heterocycles. The highest BCUT2D eigenvalue weighted by atomic mass is 19.1. The third-order valence-corrected chi connectivity index (χ3v) is 5.65. The minimum Gasteiger partial charge on any atom is -0.454 e. The van der Waals surface area contributed by atoms with Gasteiger partial charge in [0.1, 0.15) is 5.82 Å². The maximum absolute atomic E-state index is 13.0. The molecule has 1 N–H and O–H groups in total. The first-order valence-electron chi connectivity index (χ1n) is 9.77. The van der Waals surface area contributed by atoms with Crippen LogP contribution in [0.15, 0.2) is 42.5 Å². The lowest BCUT2D eigenvalue weighted by Crippen LogP contribution is -2.46. The van der Waals surface area contributed by atoms with Gasteiger partial charge in [-0.1, -0.05) is 12.1 Å². The summed E-state index contributed by atoms with van der Waals surface area (Å²) < 4.78 is 23.7. The van der Waals surface area contributed by atoms with Gasteiger partial charge in [-0.25, -0.2) is 4.39 Å². The number of nitrogens with zero attached hydrogens (tertiary/aromatic N) is 1. The van der Waals surface area contributed by atoms with E-state index in [-0.39, 0.29) is 24.6 Å². The molecule has 2 heterocycles. The number of hydrogen-bond donors (Lipinski definition) is 1. The Balaban J connectivity index is 1.27. The Morgan fingerprint density at radius 2 is 1.86 bits per heavy atom. The van der Waals surface area contributed by atoms with Crippen LogP contribution in [0.3, 0.4) is 0 Å². The number of piperidine rings is 1. The van der Waals surface area contributed by atoms with E-state index in [1.807, 2.05) is 31.2 Å². The summed E-state index contributed by atoms with van der Waals surface area (Å²) in [6.45, 7) is 3.95. The van der Waals surface area contributed by atoms with Crippen LogP contribution in [0.1, 0.15) is 25.3 Å². The number of anilines is 1. The van der Waals surface area contributed by atoms with Crippen molar-refractivity contribution in [2.24, 2.45) is 5.92 Å². The molecule has 0 spiro atoms. The predicted molar refractivity (Wildman–Crippen MR) is 105 cm³/mol. The van der Waals surface area contributed by atoms with Gasteiger partial charge in [0.05, 0.1) is 6.04 Å². The quantitative estimate of drug-likeness (QED) is 0.851. The molecule has 0 radical (unpaired) electrons. The Labute approximate surface area is 164 Å². The largest absolute Gasteiger partial charge is 0.454 e. The summed E-state index contributed by atoms with van der Waals surface area (Å²) in [5.41, 5.74) is 1.89. The molecular formula is C22H25FN2O3. The minimum atomic E-state index is -0.197. The number of rotatable bonds is 5. The molecule has 0 saturated carbocycles. The average Bonchev–Trinajstić information content (AvgIpc) is 3.17. The minimum absolute atomic E-state index is 0.0177. The molecule has 2 aliphatic heterocycles. The number of nitrogens with one attached hydrogen (secondary N) is 1. The Hall–Kier alpha value is -2.60. The normalized spacial score (nSPS) is 18.1. The number of likely N-dealkylation sites (tertiary alicyclic amines) is 1. The van der Waals surface area contributed by atoms with E-state index >= 15 is 0 Å². The van der Waals surface area contributed by atoms with E-state index in [0.717, 1.165) is 32.4 Å². The fourth-order valence-corrected chi connectivity index (χ4v) is 3.89. The molecule has 148 valence electrons. The van der Waals surface area contributed by atoms with Crippen molar-refractivity contribution in [2.45, 2.75) is 32.2 Å². The van der Waals surface area contributed by atoms with Crippen LogP contribution in [0.25, 0.3) is 0 Å². The van der Waals surface area contributed by atoms with Crippen molar-refractivity contribution < 1.29 is 18.7 Å². The van der Waals surface area contributed by atoms with Crippen LogP contribution in [0.4, 0.5) is 10.1 Å². The molecule has 1 amide bonds. The summed E-state index contributed by atoms with van der Waals surface area (Å²) in [4.78, 5) is 14.9. The Morgan fingerprint density at radius 1 is 1.14 bits per heavy atom. The van der Waals surface area contributed by atoms with Gasteiger partial charge in [-0.3, -0.25) is 9.69 Å². The summed E-state index contributed by atoms with van der Waals surface area (Å²) in [7, 11) is 0. The maximum Gasteiger partial charge on any atom is 0.241 e. The van der Waals surface area contributed by atoms with Crippen molar-refractivity contribution in [3.05, 3.63) is 53.8 Å². The van der Waals surface area contributed by atoms with Crippen LogP contribution in [0.5, 0.6) is 11.5 Å². The highest BCUT2D eigenvalue weighted by Crippen LogP contribution is 2.34. The molecule has 6 heteroatoms. The van der Waals surface area contributed by atoms with Crippen molar-refractivity contribution in [3.63, 3.8) is 0 Å². The predicted octanol–water partition coefficient (Wildman–Crippen LogP) is 3.84. The molecule has 2 aromatic rings. The molecule has 2 aliphatic rings. The lowest BCUT2D eigenvalue weighted by atomic mass is 9.89. The average molecular weight is 384 g/mol. The van der Waals surface area contributed by atoms with Gasteiger partial charge in [0, 0.05) is 11.8 Å². The van der Waals surface area contributed by atoms with Gasteiger partial charge in [-0.05, 0) is 75.0 Å². The highest BCUT2D eigenvalue weighted by Gasteiger charge is 2.27. The fraction of sp³-hybridized carbons (Fsp3) is 0.409. The number of amides is 1. The summed E-state index contributed by atoms with van der Waals surface area (Å²) >= 11 is 0. The van der Waals surface area contributed by atoms with Crippen molar-refractivity contribution in [2.75, 3.05) is 25.2 Å². The molecule has 1 atom stereocenters. The van der Waals surface area contributed by atoms with Crippen LogP contribution in [0, 0.1) is 11.7 Å². The molecule has 1 unspecified atom stereocenters. The number of ether oxygens (including phenoxy) is 2. The number of fused-ring (bicyclic) bond motifs is 1. The Morgan fingerprint density at radius 3 is 2.61 bits per heavy atom. The zero-order valence-corrected chi connectivity index (χ0v) is 16.0. The number of carbonyl (C=O) groups is 1. The number of halogens is 1. The van der Waals surface area contributed by atoms with E-state index in [4.69, 9.17) is 9.47 Å². The summed E-state index contributed by atoms with van der Waals surface area (Å²) in [6.07, 6.45) is 3.05. The standard InChI is InChI=1S/C22H25FN2O3/c1-15(22(26)24-19-6-7-20-21(13-19)28-14-27-20)25-10-8-17(9-11-25)12-16-2-4-18(23)5-3-16/h2-7,13,15,17H,8-12,14H2,1H3,(H,24,26). The monoisotopic (exact) mass is 384 g/mol. The van der Waals surface area contributed by atoms with Crippen LogP contribution < -0.4 is 14.8 Å². The van der Waals surface area contributed by atoms with Crippen molar-refractivity contribution in [1.29, 1.82) is 0 Å². The second-order valence-corrected chi connectivity index (χ2v) is 7.54. The first-order valence-corrected chi connectivity index (χ1v) is 9.77. The van der Waals surface area contributed by atoms with Gasteiger partial charge in [0.2, 0.25) is 12.7 Å². The van der Waals surface area contributed by atoms with Gasteiger partial charge in [-0.2, -0.15) is 0 Å². The molecule has 0 bridgehead atoms. The molecular weight excluding hydrogens is 359 g/mol. The van der Waals surface area contributed by atoms with Crippen LogP contribution in [0.2, 0.25) is 0 Å². The fourth-order valence-electron chi connectivity index (χ4n) is 3.89. The summed E-state index contributed by atoms with van der Waals surface area (Å²) in [5, 5.41) is 2.97. The van der Waals surface area contributed by atoms with E-state index in [1.54, 1.807) is 6.07 Å². The zero-order chi connectivity index (χ0) is 19.5. The molecule has 4 rings (SSSR count). The Kier molecular flexibility index (Phi) is 5.48. The van der Waals surface area contributed by atoms with E-state index in [9.17, 15) is 9.18 Å². The van der Waals surface area contributed by atoms with Crippen LogP contribution in [-0.4, -0.2) is 36.7 Å². The van der Waals surface area contributed by atoms with E-state index in [0.29, 0.717) is 23.1 Å². The van der Waals surface area contributed by atoms with Crippen LogP contribution >= 0.6 is 0 Å². The first kappa shape index (κ1) is 18.7. The van der Waals surface area contributed by atoms with E-state index in [1.165, 1.54) is 17.7 Å². The molecule has 0 aliphatic carbocycles. The number of carbonyl (C=O) groups excluding carboxylic acids is 1. The Bertz CT molecular complexity index is 832. The van der Waals surface area contributed by atoms with Gasteiger partial charge in [0.15, 0.2) is 11.5 Å². The van der Waals surface area contributed by atoms with Crippen molar-refractivity contribution in [3.8, 4) is 11.5 Å². The second-order valence-electron chi connectivity index (χ2n) is 7.54. The van der Waals surface area contributed by atoms with Crippen LogP contribution in [-0.2, 0) is 11.2 Å². The zero-order valence-electron chi connectivity index (χ0n) is 16.0. The van der Waals surface area contributed by atoms with Crippen molar-refractivity contribution in [1.82, 2.24) is 4.90 Å². The van der Waals surface area contributed by atoms with Gasteiger partial charge in [0.25, 0.3) is 0 Å². The molecule has 1 fully saturated rings. The highest BCUT2D eigenvalue weighted by molar-refractivity contribution is 5.94. The smallest absolute Gasteiger partial charge is 0.241 e. The molecule has 28 heavy (non-hydrogen) atoms. The van der Waals surface area contributed by atoms with Crippen molar-refractivity contribution >= 4 is 11.6 Å². The lowest BCUT2D eigenvalue weighted by Gasteiger charge is -2.35. The van der Waals surface area contributed by atoms with E-state index in [2.05, 4.69) is 10.2 Å². The third-order valence-electron chi connectivity index (χ3n) is 5.65.